The lowest BCUT2D eigenvalue weighted by Gasteiger charge is -2.15. The minimum atomic E-state index is -0.408. The summed E-state index contributed by atoms with van der Waals surface area (Å²) in [5.74, 6) is -0.718. The molecule has 0 aromatic heterocycles. The third kappa shape index (κ3) is 5.86. The van der Waals surface area contributed by atoms with Gasteiger partial charge in [0.05, 0.1) is 12.7 Å². The summed E-state index contributed by atoms with van der Waals surface area (Å²) in [6, 6.07) is 19.1. The molecular weight excluding hydrogens is 428 g/mol. The lowest BCUT2D eigenvalue weighted by Crippen LogP contribution is -2.23. The van der Waals surface area contributed by atoms with Crippen molar-refractivity contribution in [1.29, 1.82) is 5.41 Å². The first-order valence-electron chi connectivity index (χ1n) is 9.79. The van der Waals surface area contributed by atoms with Crippen LogP contribution in [0.15, 0.2) is 66.7 Å². The van der Waals surface area contributed by atoms with Crippen molar-refractivity contribution in [3.8, 4) is 0 Å². The average Bonchev–Trinajstić information content (AvgIpc) is 2.81. The minimum absolute atomic E-state index is 0.0600. The number of benzene rings is 3. The van der Waals surface area contributed by atoms with E-state index in [-0.39, 0.29) is 18.3 Å². The van der Waals surface area contributed by atoms with E-state index in [4.69, 9.17) is 27.5 Å². The molecule has 3 aromatic carbocycles. The van der Waals surface area contributed by atoms with Gasteiger partial charge in [-0.1, -0.05) is 41.9 Å². The van der Waals surface area contributed by atoms with Gasteiger partial charge in [0.1, 0.15) is 5.84 Å². The van der Waals surface area contributed by atoms with Gasteiger partial charge in [-0.15, -0.1) is 0 Å². The smallest absolute Gasteiger partial charge is 0.337 e. The number of anilines is 1. The van der Waals surface area contributed by atoms with Crippen LogP contribution in [0.1, 0.15) is 37.4 Å². The molecule has 0 radical (unpaired) electrons. The van der Waals surface area contributed by atoms with Crippen molar-refractivity contribution in [3.05, 3.63) is 99.6 Å². The maximum absolute atomic E-state index is 12.5. The molecule has 0 unspecified atom stereocenters. The Labute approximate surface area is 191 Å². The molecule has 0 saturated carbocycles. The standard InChI is InChI=1S/C24H23ClN4O3/c1-32-24(31)18-6-2-4-15(10-18)13-28-21-12-16(22(26)27)8-9-19(21)14-29-23(30)17-5-3-7-20(25)11-17/h2-12,28H,13-14H2,1H3,(H3,26,27)(H,29,30). The van der Waals surface area contributed by atoms with Crippen LogP contribution in [0.5, 0.6) is 0 Å². The van der Waals surface area contributed by atoms with Crippen LogP contribution < -0.4 is 16.4 Å². The number of nitrogen functional groups attached to an aromatic ring is 1. The summed E-state index contributed by atoms with van der Waals surface area (Å²) in [6.45, 7) is 0.676. The maximum atomic E-state index is 12.5. The monoisotopic (exact) mass is 450 g/mol. The fraction of sp³-hybridized carbons (Fsp3) is 0.125. The molecule has 32 heavy (non-hydrogen) atoms. The highest BCUT2D eigenvalue weighted by molar-refractivity contribution is 6.30. The average molecular weight is 451 g/mol. The lowest BCUT2D eigenvalue weighted by molar-refractivity contribution is 0.0600. The minimum Gasteiger partial charge on any atom is -0.465 e. The van der Waals surface area contributed by atoms with Gasteiger partial charge in [-0.05, 0) is 47.5 Å². The van der Waals surface area contributed by atoms with Crippen molar-refractivity contribution in [2.24, 2.45) is 5.73 Å². The summed E-state index contributed by atoms with van der Waals surface area (Å²) in [5, 5.41) is 14.4. The number of methoxy groups -OCH3 is 1. The Balaban J connectivity index is 1.77. The summed E-state index contributed by atoms with van der Waals surface area (Å²) < 4.78 is 4.77. The van der Waals surface area contributed by atoms with Gasteiger partial charge < -0.3 is 21.1 Å². The number of amides is 1. The van der Waals surface area contributed by atoms with E-state index in [1.165, 1.54) is 7.11 Å². The zero-order valence-electron chi connectivity index (χ0n) is 17.4. The number of rotatable bonds is 8. The molecule has 0 aliphatic heterocycles. The molecular formula is C24H23ClN4O3. The van der Waals surface area contributed by atoms with E-state index in [0.29, 0.717) is 33.9 Å². The summed E-state index contributed by atoms with van der Waals surface area (Å²) in [5.41, 5.74) is 9.52. The predicted molar refractivity (Wildman–Crippen MR) is 125 cm³/mol. The number of carbonyl (C=O) groups is 2. The highest BCUT2D eigenvalue weighted by Crippen LogP contribution is 2.20. The number of nitrogens with two attached hydrogens (primary N) is 1. The van der Waals surface area contributed by atoms with E-state index in [1.54, 1.807) is 54.6 Å². The zero-order chi connectivity index (χ0) is 23.1. The van der Waals surface area contributed by atoms with Crippen LogP contribution >= 0.6 is 11.6 Å². The quantitative estimate of drug-likeness (QED) is 0.235. The van der Waals surface area contributed by atoms with Crippen LogP contribution in [-0.4, -0.2) is 24.8 Å². The Bertz CT molecular complexity index is 1160. The highest BCUT2D eigenvalue weighted by atomic mass is 35.5. The van der Waals surface area contributed by atoms with Crippen LogP contribution in [-0.2, 0) is 17.8 Å². The normalized spacial score (nSPS) is 10.3. The Morgan fingerprint density at radius 1 is 0.969 bits per heavy atom. The van der Waals surface area contributed by atoms with Gasteiger partial charge in [-0.25, -0.2) is 4.79 Å². The van der Waals surface area contributed by atoms with Crippen LogP contribution in [0.3, 0.4) is 0 Å². The van der Waals surface area contributed by atoms with E-state index in [9.17, 15) is 9.59 Å². The van der Waals surface area contributed by atoms with E-state index in [2.05, 4.69) is 10.6 Å². The fourth-order valence-electron chi connectivity index (χ4n) is 3.09. The Hall–Kier alpha value is -3.84. The summed E-state index contributed by atoms with van der Waals surface area (Å²) in [7, 11) is 1.34. The predicted octanol–water partition coefficient (Wildman–Crippen LogP) is 3.95. The fourth-order valence-corrected chi connectivity index (χ4v) is 3.28. The summed E-state index contributed by atoms with van der Waals surface area (Å²) >= 11 is 5.97. The van der Waals surface area contributed by atoms with Crippen molar-refractivity contribution < 1.29 is 14.3 Å². The molecule has 0 bridgehead atoms. The molecule has 0 spiro atoms. The van der Waals surface area contributed by atoms with Crippen molar-refractivity contribution in [3.63, 3.8) is 0 Å². The molecule has 7 nitrogen and oxygen atoms in total. The van der Waals surface area contributed by atoms with Gasteiger partial charge in [0.2, 0.25) is 0 Å². The van der Waals surface area contributed by atoms with E-state index < -0.39 is 5.97 Å². The third-order valence-electron chi connectivity index (χ3n) is 4.78. The largest absolute Gasteiger partial charge is 0.465 e. The van der Waals surface area contributed by atoms with Gasteiger partial charge in [-0.2, -0.15) is 0 Å². The molecule has 164 valence electrons. The molecule has 1 amide bonds. The maximum Gasteiger partial charge on any atom is 0.337 e. The number of hydrogen-bond acceptors (Lipinski definition) is 5. The Morgan fingerprint density at radius 2 is 1.72 bits per heavy atom. The summed E-state index contributed by atoms with van der Waals surface area (Å²) in [4.78, 5) is 24.2. The molecule has 8 heteroatoms. The Morgan fingerprint density at radius 3 is 2.44 bits per heavy atom. The van der Waals surface area contributed by atoms with E-state index in [0.717, 1.165) is 11.1 Å². The van der Waals surface area contributed by atoms with Crippen LogP contribution in [0.25, 0.3) is 0 Å². The van der Waals surface area contributed by atoms with Gasteiger partial charge in [-0.3, -0.25) is 10.2 Å². The van der Waals surface area contributed by atoms with Crippen molar-refractivity contribution in [2.45, 2.75) is 13.1 Å². The molecule has 5 N–H and O–H groups in total. The summed E-state index contributed by atoms with van der Waals surface area (Å²) in [6.07, 6.45) is 0. The highest BCUT2D eigenvalue weighted by Gasteiger charge is 2.11. The van der Waals surface area contributed by atoms with Crippen LogP contribution in [0.2, 0.25) is 5.02 Å². The molecule has 3 aromatic rings. The van der Waals surface area contributed by atoms with Gasteiger partial charge in [0, 0.05) is 34.9 Å². The third-order valence-corrected chi connectivity index (χ3v) is 5.01. The SMILES string of the molecule is COC(=O)c1cccc(CNc2cc(C(=N)N)ccc2CNC(=O)c2cccc(Cl)c2)c1. The molecule has 0 fully saturated rings. The Kier molecular flexibility index (Phi) is 7.46. The molecule has 3 rings (SSSR count). The van der Waals surface area contributed by atoms with Gasteiger partial charge in [0.15, 0.2) is 0 Å². The zero-order valence-corrected chi connectivity index (χ0v) is 18.2. The molecule has 0 heterocycles. The molecule has 0 aliphatic carbocycles. The van der Waals surface area contributed by atoms with Gasteiger partial charge >= 0.3 is 5.97 Å². The molecule has 0 atom stereocenters. The van der Waals surface area contributed by atoms with Crippen molar-refractivity contribution >= 4 is 35.0 Å². The number of amidine groups is 1. The first-order chi connectivity index (χ1) is 15.4. The second kappa shape index (κ2) is 10.5. The first kappa shape index (κ1) is 22.8. The van der Waals surface area contributed by atoms with Crippen LogP contribution in [0.4, 0.5) is 5.69 Å². The van der Waals surface area contributed by atoms with E-state index in [1.807, 2.05) is 12.1 Å². The second-order valence-electron chi connectivity index (χ2n) is 7.02. The number of hydrogen-bond donors (Lipinski definition) is 4. The number of nitrogens with one attached hydrogen (secondary N) is 3. The van der Waals surface area contributed by atoms with E-state index >= 15 is 0 Å². The van der Waals surface area contributed by atoms with Crippen molar-refractivity contribution in [2.75, 3.05) is 12.4 Å². The number of esters is 1. The molecule has 0 aliphatic rings. The molecule has 0 saturated heterocycles. The second-order valence-corrected chi connectivity index (χ2v) is 7.46. The first-order valence-corrected chi connectivity index (χ1v) is 10.2. The van der Waals surface area contributed by atoms with Crippen LogP contribution in [0, 0.1) is 5.41 Å². The number of ether oxygens (including phenoxy) is 1. The number of carbonyl (C=O) groups excluding carboxylic acids is 2. The van der Waals surface area contributed by atoms with Crippen molar-refractivity contribution in [1.82, 2.24) is 5.32 Å². The topological polar surface area (TPSA) is 117 Å². The number of halogens is 1. The van der Waals surface area contributed by atoms with Gasteiger partial charge in [0.25, 0.3) is 5.91 Å². The lowest BCUT2D eigenvalue weighted by atomic mass is 10.1.